The highest BCUT2D eigenvalue weighted by Gasteiger charge is 2.45. The average Bonchev–Trinajstić information content (AvgIpc) is 3.45. The van der Waals surface area contributed by atoms with E-state index in [1.807, 2.05) is 6.20 Å². The minimum absolute atomic E-state index is 0.109. The SMILES string of the molecule is Cc1ccc(-c2ccc(-c3cnc([C@@H]4[C@@H](C)CCN4CC(=O)N4C(C)(C)CCCC4(C)C)[nH]3)cc2)cc1. The first-order valence-electron chi connectivity index (χ1n) is 13.8. The zero-order valence-corrected chi connectivity index (χ0v) is 23.3. The highest BCUT2D eigenvalue weighted by molar-refractivity contribution is 5.80. The lowest BCUT2D eigenvalue weighted by atomic mass is 9.79. The van der Waals surface area contributed by atoms with Crippen LogP contribution in [0.2, 0.25) is 0 Å². The van der Waals surface area contributed by atoms with Crippen molar-refractivity contribution in [1.29, 1.82) is 0 Å². The molecule has 1 N–H and O–H groups in total. The van der Waals surface area contributed by atoms with Crippen LogP contribution < -0.4 is 0 Å². The standard InChI is InChI=1S/C32H42N4O/c1-22-8-10-24(11-9-22)25-12-14-26(15-13-25)27-20-33-30(34-27)29-23(2)16-19-35(29)21-28(37)36-31(3,4)17-7-18-32(36,5)6/h8-15,20,23,29H,7,16-19,21H2,1-6H3,(H,33,34)/t23-,29-/m0/s1. The molecule has 2 fully saturated rings. The first-order chi connectivity index (χ1) is 17.5. The molecule has 0 bridgehead atoms. The summed E-state index contributed by atoms with van der Waals surface area (Å²) in [5, 5.41) is 0. The van der Waals surface area contributed by atoms with Gasteiger partial charge in [0.1, 0.15) is 5.82 Å². The summed E-state index contributed by atoms with van der Waals surface area (Å²) >= 11 is 0. The zero-order chi connectivity index (χ0) is 26.4. The van der Waals surface area contributed by atoms with Crippen LogP contribution >= 0.6 is 0 Å². The molecule has 0 radical (unpaired) electrons. The number of hydrogen-bond acceptors (Lipinski definition) is 3. The molecule has 5 nitrogen and oxygen atoms in total. The van der Waals surface area contributed by atoms with Crippen molar-refractivity contribution >= 4 is 5.91 Å². The van der Waals surface area contributed by atoms with E-state index in [2.05, 4.69) is 105 Å². The molecule has 2 aromatic carbocycles. The molecule has 1 aromatic heterocycles. The minimum atomic E-state index is -0.109. The van der Waals surface area contributed by atoms with Gasteiger partial charge in [0.25, 0.3) is 0 Å². The molecule has 196 valence electrons. The van der Waals surface area contributed by atoms with Gasteiger partial charge in [0, 0.05) is 11.1 Å². The second-order valence-electron chi connectivity index (χ2n) is 12.5. The maximum Gasteiger partial charge on any atom is 0.237 e. The number of carbonyl (C=O) groups excluding carboxylic acids is 1. The Balaban J connectivity index is 1.33. The predicted molar refractivity (Wildman–Crippen MR) is 151 cm³/mol. The molecule has 5 rings (SSSR count). The Morgan fingerprint density at radius 3 is 2.14 bits per heavy atom. The number of aryl methyl sites for hydroxylation is 1. The molecule has 37 heavy (non-hydrogen) atoms. The topological polar surface area (TPSA) is 52.2 Å². The fraction of sp³-hybridized carbons (Fsp3) is 0.500. The van der Waals surface area contributed by atoms with Crippen molar-refractivity contribution in [3.63, 3.8) is 0 Å². The number of likely N-dealkylation sites (tertiary alicyclic amines) is 2. The van der Waals surface area contributed by atoms with Crippen molar-refractivity contribution in [3.8, 4) is 22.4 Å². The first-order valence-corrected chi connectivity index (χ1v) is 13.8. The number of nitrogens with one attached hydrogen (secondary N) is 1. The van der Waals surface area contributed by atoms with Crippen molar-refractivity contribution in [2.75, 3.05) is 13.1 Å². The van der Waals surface area contributed by atoms with E-state index in [-0.39, 0.29) is 23.0 Å². The van der Waals surface area contributed by atoms with E-state index in [0.717, 1.165) is 42.9 Å². The maximum absolute atomic E-state index is 13.7. The van der Waals surface area contributed by atoms with Gasteiger partial charge in [-0.05, 0) is 89.5 Å². The summed E-state index contributed by atoms with van der Waals surface area (Å²) < 4.78 is 0. The van der Waals surface area contributed by atoms with E-state index >= 15 is 0 Å². The van der Waals surface area contributed by atoms with Crippen LogP contribution in [-0.2, 0) is 4.79 Å². The van der Waals surface area contributed by atoms with Crippen molar-refractivity contribution < 1.29 is 4.79 Å². The van der Waals surface area contributed by atoms with Gasteiger partial charge >= 0.3 is 0 Å². The molecule has 5 heteroatoms. The predicted octanol–water partition coefficient (Wildman–Crippen LogP) is 7.00. The monoisotopic (exact) mass is 498 g/mol. The third-order valence-electron chi connectivity index (χ3n) is 8.64. The summed E-state index contributed by atoms with van der Waals surface area (Å²) in [7, 11) is 0. The Labute approximate surface area is 222 Å². The second-order valence-corrected chi connectivity index (χ2v) is 12.5. The Morgan fingerprint density at radius 1 is 0.946 bits per heavy atom. The van der Waals surface area contributed by atoms with Crippen LogP contribution in [0.4, 0.5) is 0 Å². The lowest BCUT2D eigenvalue weighted by Gasteiger charge is -2.53. The van der Waals surface area contributed by atoms with Gasteiger partial charge in [-0.3, -0.25) is 9.69 Å². The smallest absolute Gasteiger partial charge is 0.237 e. The summed E-state index contributed by atoms with van der Waals surface area (Å²) in [4.78, 5) is 26.7. The normalized spacial score (nSPS) is 23.4. The Hall–Kier alpha value is -2.92. The Bertz CT molecular complexity index is 1220. The van der Waals surface area contributed by atoms with Crippen LogP contribution in [0, 0.1) is 12.8 Å². The molecule has 1 amide bonds. The molecule has 0 aliphatic carbocycles. The number of carbonyl (C=O) groups is 1. The van der Waals surface area contributed by atoms with E-state index < -0.39 is 0 Å². The summed E-state index contributed by atoms with van der Waals surface area (Å²) in [6.07, 6.45) is 6.32. The molecule has 2 saturated heterocycles. The van der Waals surface area contributed by atoms with Gasteiger partial charge in [-0.15, -0.1) is 0 Å². The van der Waals surface area contributed by atoms with E-state index in [1.54, 1.807) is 0 Å². The van der Waals surface area contributed by atoms with E-state index in [4.69, 9.17) is 4.98 Å². The molecule has 2 aliphatic rings. The fourth-order valence-electron chi connectivity index (χ4n) is 6.78. The number of aromatic amines is 1. The number of rotatable bonds is 5. The first kappa shape index (κ1) is 25.7. The molecule has 0 spiro atoms. The van der Waals surface area contributed by atoms with Gasteiger partial charge in [-0.1, -0.05) is 61.0 Å². The highest BCUT2D eigenvalue weighted by Crippen LogP contribution is 2.40. The average molecular weight is 499 g/mol. The molecular formula is C32H42N4O. The fourth-order valence-corrected chi connectivity index (χ4v) is 6.78. The van der Waals surface area contributed by atoms with Gasteiger partial charge in [-0.25, -0.2) is 4.98 Å². The van der Waals surface area contributed by atoms with E-state index in [9.17, 15) is 4.79 Å². The highest BCUT2D eigenvalue weighted by atomic mass is 16.2. The van der Waals surface area contributed by atoms with Crippen LogP contribution in [-0.4, -0.2) is 49.8 Å². The molecule has 0 saturated carbocycles. The van der Waals surface area contributed by atoms with Crippen LogP contribution in [0.1, 0.15) is 77.7 Å². The number of hydrogen-bond donors (Lipinski definition) is 1. The van der Waals surface area contributed by atoms with E-state index in [1.165, 1.54) is 23.1 Å². The summed E-state index contributed by atoms with van der Waals surface area (Å²) in [6, 6.07) is 17.4. The number of imidazole rings is 1. The lowest BCUT2D eigenvalue weighted by Crippen LogP contribution is -2.62. The van der Waals surface area contributed by atoms with E-state index in [0.29, 0.717) is 12.5 Å². The second kappa shape index (κ2) is 9.75. The van der Waals surface area contributed by atoms with Crippen LogP contribution in [0.5, 0.6) is 0 Å². The van der Waals surface area contributed by atoms with Crippen molar-refractivity contribution in [2.45, 2.75) is 84.3 Å². The third kappa shape index (κ3) is 5.11. The third-order valence-corrected chi connectivity index (χ3v) is 8.64. The van der Waals surface area contributed by atoms with Crippen molar-refractivity contribution in [3.05, 3.63) is 66.1 Å². The number of nitrogens with zero attached hydrogens (tertiary/aromatic N) is 3. The minimum Gasteiger partial charge on any atom is -0.341 e. The summed E-state index contributed by atoms with van der Waals surface area (Å²) in [5.74, 6) is 1.65. The molecule has 2 atom stereocenters. The Kier molecular flexibility index (Phi) is 6.78. The number of aromatic nitrogens is 2. The molecule has 3 aromatic rings. The van der Waals surface area contributed by atoms with Gasteiger partial charge < -0.3 is 9.88 Å². The summed E-state index contributed by atoms with van der Waals surface area (Å²) in [5.41, 5.74) is 5.63. The van der Waals surface area contributed by atoms with Gasteiger partial charge in [0.2, 0.25) is 5.91 Å². The van der Waals surface area contributed by atoms with Crippen molar-refractivity contribution in [1.82, 2.24) is 19.8 Å². The molecule has 3 heterocycles. The molecular weight excluding hydrogens is 456 g/mol. The van der Waals surface area contributed by atoms with Crippen LogP contribution in [0.25, 0.3) is 22.4 Å². The Morgan fingerprint density at radius 2 is 1.51 bits per heavy atom. The number of amides is 1. The van der Waals surface area contributed by atoms with Gasteiger partial charge in [0.15, 0.2) is 0 Å². The number of H-pyrrole nitrogens is 1. The van der Waals surface area contributed by atoms with Crippen molar-refractivity contribution in [2.24, 2.45) is 5.92 Å². The van der Waals surface area contributed by atoms with Gasteiger partial charge in [-0.2, -0.15) is 0 Å². The van der Waals surface area contributed by atoms with Crippen LogP contribution in [0.15, 0.2) is 54.7 Å². The van der Waals surface area contributed by atoms with Gasteiger partial charge in [0.05, 0.1) is 24.5 Å². The number of benzene rings is 2. The summed E-state index contributed by atoms with van der Waals surface area (Å²) in [6.45, 7) is 14.6. The quantitative estimate of drug-likeness (QED) is 0.412. The maximum atomic E-state index is 13.7. The van der Waals surface area contributed by atoms with Crippen LogP contribution in [0.3, 0.4) is 0 Å². The molecule has 2 aliphatic heterocycles. The number of piperidine rings is 1. The lowest BCUT2D eigenvalue weighted by molar-refractivity contribution is -0.150. The zero-order valence-electron chi connectivity index (χ0n) is 23.3. The molecule has 0 unspecified atom stereocenters. The largest absolute Gasteiger partial charge is 0.341 e.